The highest BCUT2D eigenvalue weighted by molar-refractivity contribution is 7.91. The zero-order valence-electron chi connectivity index (χ0n) is 10.7. The van der Waals surface area contributed by atoms with Gasteiger partial charge in [0.05, 0.1) is 13.2 Å². The normalized spacial score (nSPS) is 17.7. The molecule has 0 aromatic carbocycles. The first-order valence-electron chi connectivity index (χ1n) is 6.20. The number of ether oxygens (including phenoxy) is 1. The Kier molecular flexibility index (Phi) is 5.31. The molecule has 0 saturated carbocycles. The fraction of sp³-hybridized carbons (Fsp3) is 0.636. The molecule has 1 aromatic rings. The third-order valence-electron chi connectivity index (χ3n) is 2.93. The molecule has 6 nitrogen and oxygen atoms in total. The monoisotopic (exact) mass is 305 g/mol. The Bertz CT molecular complexity index is 495. The number of nitrogens with zero attached hydrogens (tertiary/aromatic N) is 1. The van der Waals surface area contributed by atoms with Crippen molar-refractivity contribution in [3.05, 3.63) is 17.0 Å². The van der Waals surface area contributed by atoms with Crippen LogP contribution >= 0.6 is 11.3 Å². The predicted octanol–water partition coefficient (Wildman–Crippen LogP) is -0.183. The molecule has 1 aliphatic heterocycles. The van der Waals surface area contributed by atoms with E-state index in [4.69, 9.17) is 10.5 Å². The van der Waals surface area contributed by atoms with Gasteiger partial charge in [0.15, 0.2) is 0 Å². The molecule has 0 spiro atoms. The quantitative estimate of drug-likeness (QED) is 0.761. The van der Waals surface area contributed by atoms with Crippen LogP contribution in [0.25, 0.3) is 0 Å². The van der Waals surface area contributed by atoms with Gasteiger partial charge in [-0.15, -0.1) is 11.3 Å². The minimum atomic E-state index is -3.40. The standard InChI is InChI=1S/C11H19N3O3S2/c12-9-10-1-2-11(18-10)19(15,16)13-3-4-14-5-7-17-8-6-14/h1-2,13H,3-9,12H2. The van der Waals surface area contributed by atoms with E-state index in [-0.39, 0.29) is 0 Å². The summed E-state index contributed by atoms with van der Waals surface area (Å²) in [7, 11) is -3.40. The Morgan fingerprint density at radius 1 is 1.37 bits per heavy atom. The number of thiophene rings is 1. The smallest absolute Gasteiger partial charge is 0.250 e. The number of sulfonamides is 1. The van der Waals surface area contributed by atoms with Gasteiger partial charge in [0.1, 0.15) is 4.21 Å². The van der Waals surface area contributed by atoms with Gasteiger partial charge in [-0.2, -0.15) is 0 Å². The van der Waals surface area contributed by atoms with Crippen molar-refractivity contribution in [1.29, 1.82) is 0 Å². The van der Waals surface area contributed by atoms with Crippen LogP contribution in [0.2, 0.25) is 0 Å². The molecular weight excluding hydrogens is 286 g/mol. The van der Waals surface area contributed by atoms with Gasteiger partial charge in [-0.3, -0.25) is 4.90 Å². The summed E-state index contributed by atoms with van der Waals surface area (Å²) in [5.41, 5.74) is 5.48. The highest BCUT2D eigenvalue weighted by Gasteiger charge is 2.17. The van der Waals surface area contributed by atoms with E-state index in [0.717, 1.165) is 31.2 Å². The van der Waals surface area contributed by atoms with Crippen molar-refractivity contribution < 1.29 is 13.2 Å². The molecule has 0 aliphatic carbocycles. The van der Waals surface area contributed by atoms with Crippen LogP contribution in [0.1, 0.15) is 4.88 Å². The fourth-order valence-electron chi connectivity index (χ4n) is 1.85. The molecule has 1 aromatic heterocycles. The molecule has 19 heavy (non-hydrogen) atoms. The van der Waals surface area contributed by atoms with Gasteiger partial charge < -0.3 is 10.5 Å². The van der Waals surface area contributed by atoms with Gasteiger partial charge in [-0.25, -0.2) is 13.1 Å². The van der Waals surface area contributed by atoms with Crippen molar-refractivity contribution in [3.8, 4) is 0 Å². The second kappa shape index (κ2) is 6.78. The second-order valence-electron chi connectivity index (χ2n) is 4.28. The van der Waals surface area contributed by atoms with E-state index >= 15 is 0 Å². The second-order valence-corrected chi connectivity index (χ2v) is 7.44. The first-order chi connectivity index (χ1) is 9.12. The summed E-state index contributed by atoms with van der Waals surface area (Å²) < 4.78 is 32.2. The SMILES string of the molecule is NCc1ccc(S(=O)(=O)NCCN2CCOCC2)s1. The van der Waals surface area contributed by atoms with Gasteiger partial charge in [-0.1, -0.05) is 0 Å². The van der Waals surface area contributed by atoms with Gasteiger partial charge in [-0.05, 0) is 12.1 Å². The summed E-state index contributed by atoms with van der Waals surface area (Å²) in [6, 6.07) is 3.35. The Morgan fingerprint density at radius 2 is 2.11 bits per heavy atom. The lowest BCUT2D eigenvalue weighted by Gasteiger charge is -2.26. The van der Waals surface area contributed by atoms with Crippen LogP contribution in [0, 0.1) is 0 Å². The van der Waals surface area contributed by atoms with Gasteiger partial charge in [0.25, 0.3) is 0 Å². The van der Waals surface area contributed by atoms with Crippen molar-refractivity contribution in [2.75, 3.05) is 39.4 Å². The molecule has 3 N–H and O–H groups in total. The summed E-state index contributed by atoms with van der Waals surface area (Å²) in [5, 5.41) is 0. The number of nitrogens with one attached hydrogen (secondary N) is 1. The van der Waals surface area contributed by atoms with Crippen LogP contribution in [-0.4, -0.2) is 52.7 Å². The highest BCUT2D eigenvalue weighted by atomic mass is 32.2. The van der Waals surface area contributed by atoms with Crippen LogP contribution in [0.5, 0.6) is 0 Å². The molecule has 0 amide bonds. The first kappa shape index (κ1) is 14.9. The molecule has 1 aliphatic rings. The topological polar surface area (TPSA) is 84.7 Å². The molecule has 8 heteroatoms. The van der Waals surface area contributed by atoms with Crippen LogP contribution in [0.4, 0.5) is 0 Å². The van der Waals surface area contributed by atoms with Crippen LogP contribution in [0.15, 0.2) is 16.3 Å². The third-order valence-corrected chi connectivity index (χ3v) is 5.99. The Hall–Kier alpha value is -0.510. The van der Waals surface area contributed by atoms with Crippen molar-refractivity contribution in [2.24, 2.45) is 5.73 Å². The van der Waals surface area contributed by atoms with Gasteiger partial charge in [0.2, 0.25) is 10.0 Å². The van der Waals surface area contributed by atoms with E-state index in [1.165, 1.54) is 11.3 Å². The number of morpholine rings is 1. The molecule has 0 bridgehead atoms. The van der Waals surface area contributed by atoms with E-state index in [0.29, 0.717) is 23.8 Å². The van der Waals surface area contributed by atoms with Crippen molar-refractivity contribution in [3.63, 3.8) is 0 Å². The number of rotatable bonds is 6. The largest absolute Gasteiger partial charge is 0.379 e. The lowest BCUT2D eigenvalue weighted by molar-refractivity contribution is 0.0390. The zero-order chi connectivity index (χ0) is 13.7. The van der Waals surface area contributed by atoms with Crippen molar-refractivity contribution in [2.45, 2.75) is 10.8 Å². The predicted molar refractivity (Wildman–Crippen MR) is 74.7 cm³/mol. The maximum Gasteiger partial charge on any atom is 0.250 e. The maximum absolute atomic E-state index is 12.0. The molecule has 0 radical (unpaired) electrons. The Morgan fingerprint density at radius 3 is 2.74 bits per heavy atom. The summed E-state index contributed by atoms with van der Waals surface area (Å²) in [6.45, 7) is 4.65. The van der Waals surface area contributed by atoms with E-state index in [1.807, 2.05) is 0 Å². The van der Waals surface area contributed by atoms with Crippen LogP contribution < -0.4 is 10.5 Å². The van der Waals surface area contributed by atoms with Crippen LogP contribution in [0.3, 0.4) is 0 Å². The third kappa shape index (κ3) is 4.23. The van der Waals surface area contributed by atoms with E-state index in [2.05, 4.69) is 9.62 Å². The number of nitrogens with two attached hydrogens (primary N) is 1. The molecule has 2 heterocycles. The number of hydrogen-bond acceptors (Lipinski definition) is 6. The lowest BCUT2D eigenvalue weighted by Crippen LogP contribution is -2.41. The molecule has 1 saturated heterocycles. The average molecular weight is 305 g/mol. The lowest BCUT2D eigenvalue weighted by atomic mass is 10.4. The van der Waals surface area contributed by atoms with Crippen molar-refractivity contribution in [1.82, 2.24) is 9.62 Å². The molecule has 1 fully saturated rings. The Labute approximate surface area is 117 Å². The number of hydrogen-bond donors (Lipinski definition) is 2. The van der Waals surface area contributed by atoms with Crippen LogP contribution in [-0.2, 0) is 21.3 Å². The molecule has 2 rings (SSSR count). The molecular formula is C11H19N3O3S2. The summed E-state index contributed by atoms with van der Waals surface area (Å²) in [4.78, 5) is 3.06. The summed E-state index contributed by atoms with van der Waals surface area (Å²) in [5.74, 6) is 0. The van der Waals surface area contributed by atoms with E-state index in [1.54, 1.807) is 12.1 Å². The average Bonchev–Trinajstić information content (AvgIpc) is 2.89. The first-order valence-corrected chi connectivity index (χ1v) is 8.50. The molecule has 108 valence electrons. The van der Waals surface area contributed by atoms with Crippen molar-refractivity contribution >= 4 is 21.4 Å². The Balaban J connectivity index is 1.83. The molecule has 0 unspecified atom stereocenters. The zero-order valence-corrected chi connectivity index (χ0v) is 12.3. The van der Waals surface area contributed by atoms with Gasteiger partial charge >= 0.3 is 0 Å². The minimum absolute atomic E-state index is 0.329. The van der Waals surface area contributed by atoms with E-state index < -0.39 is 10.0 Å². The van der Waals surface area contributed by atoms with Gasteiger partial charge in [0, 0.05) is 37.6 Å². The van der Waals surface area contributed by atoms with E-state index in [9.17, 15) is 8.42 Å². The molecule has 0 atom stereocenters. The maximum atomic E-state index is 12.0. The highest BCUT2D eigenvalue weighted by Crippen LogP contribution is 2.20. The fourth-order valence-corrected chi connectivity index (χ4v) is 4.15. The minimum Gasteiger partial charge on any atom is -0.379 e. The summed E-state index contributed by atoms with van der Waals surface area (Å²) >= 11 is 1.22. The summed E-state index contributed by atoms with van der Waals surface area (Å²) in [6.07, 6.45) is 0.